The van der Waals surface area contributed by atoms with Crippen molar-refractivity contribution in [2.75, 3.05) is 32.1 Å². The van der Waals surface area contributed by atoms with Crippen molar-refractivity contribution >= 4 is 29.0 Å². The molecule has 5 aromatic rings. The van der Waals surface area contributed by atoms with Crippen molar-refractivity contribution in [3.8, 4) is 33.3 Å². The number of fused-ring (bicyclic) bond motifs is 3. The number of aryl methyl sites for hydroxylation is 1. The van der Waals surface area contributed by atoms with E-state index in [0.717, 1.165) is 52.3 Å². The van der Waals surface area contributed by atoms with Gasteiger partial charge in [0.25, 0.3) is 5.88 Å². The number of benzene rings is 2. The minimum absolute atomic E-state index is 0.0424. The largest absolute Gasteiger partial charge is 0.507 e. The smallest absolute Gasteiger partial charge is 0.254 e. The van der Waals surface area contributed by atoms with E-state index in [2.05, 4.69) is 49.5 Å². The summed E-state index contributed by atoms with van der Waals surface area (Å²) in [4.78, 5) is 37.2. The second-order valence-electron chi connectivity index (χ2n) is 17.0. The predicted octanol–water partition coefficient (Wildman–Crippen LogP) is 6.85. The van der Waals surface area contributed by atoms with Crippen LogP contribution in [-0.4, -0.2) is 103 Å². The maximum absolute atomic E-state index is 14.3. The Bertz CT molecular complexity index is 2380. The molecule has 61 heavy (non-hydrogen) atoms. The van der Waals surface area contributed by atoms with Gasteiger partial charge >= 0.3 is 0 Å². The number of hydrogen-bond donors (Lipinski definition) is 4. The first-order chi connectivity index (χ1) is 29.4. The zero-order chi connectivity index (χ0) is 43.0. The SMILES string of the molecule is C=C[C@]1(N(C)CCOc2cc([C@H](C(=O)N3C[C@H](O)C[C@H]3C(=O)N[C@@H](C)c3ccc(-c4scnc4C)cc3)C(C)C)on2)CCC2Nc3nnc(-c4ccccc4O)cc3C2C1. The number of carbonyl (C=O) groups excluding carboxylic acids is 2. The summed E-state index contributed by atoms with van der Waals surface area (Å²) in [5.74, 6) is 0.169. The highest BCUT2D eigenvalue weighted by Gasteiger charge is 2.47. The molecule has 0 radical (unpaired) electrons. The highest BCUT2D eigenvalue weighted by atomic mass is 32.1. The Kier molecular flexibility index (Phi) is 12.0. The van der Waals surface area contributed by atoms with Crippen molar-refractivity contribution < 1.29 is 29.1 Å². The average Bonchev–Trinajstić information content (AvgIpc) is 4.07. The lowest BCUT2D eigenvalue weighted by Crippen LogP contribution is -2.51. The van der Waals surface area contributed by atoms with Crippen LogP contribution in [0, 0.1) is 12.8 Å². The lowest BCUT2D eigenvalue weighted by molar-refractivity contribution is -0.141. The Morgan fingerprint density at radius 2 is 1.95 bits per heavy atom. The number of β-amino-alcohol motifs (C(OH)–C–C–N with tert-alkyl or cyclic N) is 1. The van der Waals surface area contributed by atoms with Crippen LogP contribution in [-0.2, 0) is 9.59 Å². The van der Waals surface area contributed by atoms with Gasteiger partial charge in [-0.1, -0.05) is 56.3 Å². The minimum atomic E-state index is -0.840. The molecule has 1 aliphatic carbocycles. The van der Waals surface area contributed by atoms with Gasteiger partial charge in [-0.15, -0.1) is 28.1 Å². The maximum Gasteiger partial charge on any atom is 0.254 e. The number of anilines is 1. The van der Waals surface area contributed by atoms with Crippen LogP contribution in [0.2, 0.25) is 0 Å². The van der Waals surface area contributed by atoms with E-state index in [9.17, 15) is 19.8 Å². The molecule has 2 aliphatic heterocycles. The summed E-state index contributed by atoms with van der Waals surface area (Å²) in [7, 11) is 2.08. The Morgan fingerprint density at radius 3 is 2.67 bits per heavy atom. The third-order valence-corrected chi connectivity index (χ3v) is 13.9. The van der Waals surface area contributed by atoms with Crippen molar-refractivity contribution in [3.63, 3.8) is 0 Å². The number of aromatic nitrogens is 4. The number of likely N-dealkylation sites (tertiary alicyclic amines) is 1. The minimum Gasteiger partial charge on any atom is -0.507 e. The number of phenols is 1. The van der Waals surface area contributed by atoms with Crippen LogP contribution < -0.4 is 15.4 Å². The molecule has 2 amide bonds. The third-order valence-electron chi connectivity index (χ3n) is 12.9. The standard InChI is InChI=1S/C46H54N8O6S/c1-7-46(17-16-35-34(23-46)33-21-36(50-51-43(33)49-35)32-10-8-9-11-38(32)56)53(6)18-19-59-40-22-39(60-52-40)41(26(2)3)45(58)54-24-31(55)20-37(54)44(57)48-27(4)29-12-14-30(15-13-29)42-28(5)47-25-61-42/h7-15,21-22,25-27,31,34-35,37,41,55-56H,1,16-20,23-24H2,2-6H3,(H,48,57)(H,49,51)/t27-,31+,34?,35?,37-,41+,46-/m0/s1. The van der Waals surface area contributed by atoms with Crippen LogP contribution in [0.3, 0.4) is 0 Å². The number of likely N-dealkylation sites (N-methyl/N-ethyl adjacent to an activating group) is 1. The fourth-order valence-electron chi connectivity index (χ4n) is 9.33. The molecule has 2 unspecified atom stereocenters. The van der Waals surface area contributed by atoms with Gasteiger partial charge in [0.1, 0.15) is 24.3 Å². The molecule has 0 bridgehead atoms. The normalized spacial score (nSPS) is 23.0. The zero-order valence-electron chi connectivity index (χ0n) is 35.2. The monoisotopic (exact) mass is 846 g/mol. The van der Waals surface area contributed by atoms with Crippen LogP contribution >= 0.6 is 11.3 Å². The molecule has 3 aliphatic rings. The van der Waals surface area contributed by atoms with Crippen molar-refractivity contribution in [1.82, 2.24) is 35.5 Å². The molecule has 320 valence electrons. The number of phenolic OH excluding ortho intramolecular Hbond substituents is 1. The molecule has 15 heteroatoms. The molecule has 7 atom stereocenters. The summed E-state index contributed by atoms with van der Waals surface area (Å²) < 4.78 is 11.9. The molecule has 3 aromatic heterocycles. The molecule has 1 saturated carbocycles. The molecule has 1 saturated heterocycles. The predicted molar refractivity (Wildman–Crippen MR) is 233 cm³/mol. The third kappa shape index (κ3) is 8.38. The first-order valence-corrected chi connectivity index (χ1v) is 21.9. The van der Waals surface area contributed by atoms with E-state index in [1.165, 1.54) is 4.90 Å². The number of carbonyl (C=O) groups is 2. The Labute approximate surface area is 360 Å². The number of amides is 2. The van der Waals surface area contributed by atoms with Gasteiger partial charge in [0.15, 0.2) is 11.6 Å². The molecule has 0 spiro atoms. The second kappa shape index (κ2) is 17.4. The Hall–Kier alpha value is -5.64. The Balaban J connectivity index is 0.885. The van der Waals surface area contributed by atoms with Crippen molar-refractivity contribution in [1.29, 1.82) is 0 Å². The van der Waals surface area contributed by atoms with E-state index in [-0.39, 0.29) is 65.9 Å². The number of thiazole rings is 1. The lowest BCUT2D eigenvalue weighted by Gasteiger charge is -2.46. The molecule has 8 rings (SSSR count). The number of aliphatic hydroxyl groups excluding tert-OH is 1. The fraction of sp³-hybridized carbons (Fsp3) is 0.435. The van der Waals surface area contributed by atoms with Crippen LogP contribution in [0.15, 0.2) is 83.4 Å². The molecular weight excluding hydrogens is 793 g/mol. The van der Waals surface area contributed by atoms with Gasteiger partial charge in [0.2, 0.25) is 11.8 Å². The van der Waals surface area contributed by atoms with Gasteiger partial charge in [0.05, 0.1) is 33.9 Å². The second-order valence-corrected chi connectivity index (χ2v) is 17.9. The zero-order valence-corrected chi connectivity index (χ0v) is 36.1. The fourth-order valence-corrected chi connectivity index (χ4v) is 10.1. The quantitative estimate of drug-likeness (QED) is 0.0857. The van der Waals surface area contributed by atoms with Gasteiger partial charge < -0.3 is 35.0 Å². The highest BCUT2D eigenvalue weighted by molar-refractivity contribution is 7.13. The number of nitrogens with zero attached hydrogens (tertiary/aromatic N) is 6. The summed E-state index contributed by atoms with van der Waals surface area (Å²) in [6.07, 6.45) is 3.98. The summed E-state index contributed by atoms with van der Waals surface area (Å²) in [5.41, 5.74) is 6.87. The molecule has 4 N–H and O–H groups in total. The number of aliphatic hydroxyl groups is 1. The van der Waals surface area contributed by atoms with Gasteiger partial charge in [-0.25, -0.2) is 4.98 Å². The first-order valence-electron chi connectivity index (χ1n) is 21.0. The van der Waals surface area contributed by atoms with Gasteiger partial charge in [-0.05, 0) is 80.6 Å². The summed E-state index contributed by atoms with van der Waals surface area (Å²) in [5, 5.41) is 40.9. The van der Waals surface area contributed by atoms with Crippen molar-refractivity contribution in [2.45, 2.75) is 95.0 Å². The lowest BCUT2D eigenvalue weighted by atomic mass is 9.71. The van der Waals surface area contributed by atoms with Crippen LogP contribution in [0.4, 0.5) is 5.82 Å². The number of aromatic hydroxyl groups is 1. The average molecular weight is 847 g/mol. The molecule has 2 fully saturated rings. The maximum atomic E-state index is 14.3. The number of nitrogens with one attached hydrogen (secondary N) is 2. The number of ether oxygens (including phenoxy) is 1. The van der Waals surface area contributed by atoms with E-state index in [4.69, 9.17) is 9.26 Å². The number of hydrogen-bond acceptors (Lipinski definition) is 13. The van der Waals surface area contributed by atoms with E-state index in [1.807, 2.05) is 81.7 Å². The topological polar surface area (TPSA) is 179 Å². The van der Waals surface area contributed by atoms with E-state index in [0.29, 0.717) is 30.2 Å². The number of rotatable bonds is 14. The molecule has 2 aromatic carbocycles. The number of para-hydroxylation sites is 1. The summed E-state index contributed by atoms with van der Waals surface area (Å²) >= 11 is 1.59. The molecule has 14 nitrogen and oxygen atoms in total. The van der Waals surface area contributed by atoms with E-state index >= 15 is 0 Å². The van der Waals surface area contributed by atoms with Crippen molar-refractivity contribution in [2.24, 2.45) is 5.92 Å². The van der Waals surface area contributed by atoms with E-state index in [1.54, 1.807) is 29.5 Å². The summed E-state index contributed by atoms with van der Waals surface area (Å²) in [6.45, 7) is 12.9. The highest BCUT2D eigenvalue weighted by Crippen LogP contribution is 2.49. The van der Waals surface area contributed by atoms with Gasteiger partial charge in [-0.2, -0.15) is 0 Å². The van der Waals surface area contributed by atoms with Crippen LogP contribution in [0.1, 0.15) is 86.9 Å². The first kappa shape index (κ1) is 42.1. The molecule has 5 heterocycles. The van der Waals surface area contributed by atoms with E-state index < -0.39 is 18.1 Å². The van der Waals surface area contributed by atoms with Gasteiger partial charge in [0, 0.05) is 54.2 Å². The van der Waals surface area contributed by atoms with Crippen LogP contribution in [0.25, 0.3) is 21.7 Å². The summed E-state index contributed by atoms with van der Waals surface area (Å²) in [6, 6.07) is 18.0. The molecular formula is C46H54N8O6S. The van der Waals surface area contributed by atoms with Crippen LogP contribution in [0.5, 0.6) is 11.6 Å². The van der Waals surface area contributed by atoms with Crippen molar-refractivity contribution in [3.05, 3.63) is 101 Å². The Morgan fingerprint density at radius 1 is 1.16 bits per heavy atom. The van der Waals surface area contributed by atoms with Gasteiger partial charge in [-0.3, -0.25) is 14.5 Å².